The van der Waals surface area contributed by atoms with Gasteiger partial charge in [0.2, 0.25) is 0 Å². The highest BCUT2D eigenvalue weighted by Crippen LogP contribution is 2.39. The lowest BCUT2D eigenvalue weighted by atomic mass is 10.1. The second-order valence-electron chi connectivity index (χ2n) is 3.34. The van der Waals surface area contributed by atoms with Gasteiger partial charge >= 0.3 is 0 Å². The zero-order chi connectivity index (χ0) is 10.1. The van der Waals surface area contributed by atoms with Gasteiger partial charge in [-0.2, -0.15) is 0 Å². The summed E-state index contributed by atoms with van der Waals surface area (Å²) in [6.45, 7) is 1.81. The molecule has 3 nitrogen and oxygen atoms in total. The van der Waals surface area contributed by atoms with E-state index in [9.17, 15) is 5.11 Å². The standard InChI is InChI=1S/C10H11NO2S/c1-6(11-13)10-5-7-4-8(12)2-3-9(7)14-10/h2-4,10,12-13H,5H2,1H3/b11-6+. The van der Waals surface area contributed by atoms with Crippen molar-refractivity contribution in [2.45, 2.75) is 23.5 Å². The van der Waals surface area contributed by atoms with Gasteiger partial charge in [0.25, 0.3) is 0 Å². The van der Waals surface area contributed by atoms with Crippen LogP contribution in [-0.2, 0) is 6.42 Å². The van der Waals surface area contributed by atoms with Gasteiger partial charge in [-0.15, -0.1) is 11.8 Å². The zero-order valence-corrected chi connectivity index (χ0v) is 8.58. The summed E-state index contributed by atoms with van der Waals surface area (Å²) in [6.07, 6.45) is 0.824. The third-order valence-corrected chi connectivity index (χ3v) is 3.79. The van der Waals surface area contributed by atoms with Gasteiger partial charge in [0.15, 0.2) is 0 Å². The molecule has 1 heterocycles. The average molecular weight is 209 g/mol. The predicted octanol–water partition coefficient (Wildman–Crippen LogP) is 2.26. The average Bonchev–Trinajstić information content (AvgIpc) is 2.59. The number of hydrogen-bond acceptors (Lipinski definition) is 4. The van der Waals surface area contributed by atoms with E-state index in [4.69, 9.17) is 5.21 Å². The third-order valence-electron chi connectivity index (χ3n) is 2.34. The van der Waals surface area contributed by atoms with E-state index in [1.165, 1.54) is 0 Å². The van der Waals surface area contributed by atoms with Crippen molar-refractivity contribution in [3.63, 3.8) is 0 Å². The van der Waals surface area contributed by atoms with Crippen LogP contribution in [0, 0.1) is 0 Å². The number of benzene rings is 1. The molecule has 0 amide bonds. The Bertz CT molecular complexity index is 390. The molecule has 1 atom stereocenters. The number of oxime groups is 1. The number of phenolic OH excluding ortho intramolecular Hbond substituents is 1. The molecule has 0 bridgehead atoms. The van der Waals surface area contributed by atoms with E-state index < -0.39 is 0 Å². The number of hydrogen-bond donors (Lipinski definition) is 2. The normalized spacial score (nSPS) is 20.9. The molecular formula is C10H11NO2S. The van der Waals surface area contributed by atoms with Crippen molar-refractivity contribution in [2.75, 3.05) is 0 Å². The molecule has 1 aromatic carbocycles. The molecule has 14 heavy (non-hydrogen) atoms. The van der Waals surface area contributed by atoms with Crippen LogP contribution in [0.3, 0.4) is 0 Å². The van der Waals surface area contributed by atoms with Gasteiger partial charge in [-0.1, -0.05) is 5.16 Å². The van der Waals surface area contributed by atoms with Crippen molar-refractivity contribution in [3.05, 3.63) is 23.8 Å². The van der Waals surface area contributed by atoms with Crippen LogP contribution in [0.2, 0.25) is 0 Å². The summed E-state index contributed by atoms with van der Waals surface area (Å²) < 4.78 is 0. The first-order chi connectivity index (χ1) is 6.70. The fourth-order valence-corrected chi connectivity index (χ4v) is 2.76. The summed E-state index contributed by atoms with van der Waals surface area (Å²) in [7, 11) is 0. The van der Waals surface area contributed by atoms with Crippen molar-refractivity contribution >= 4 is 17.5 Å². The van der Waals surface area contributed by atoms with E-state index in [1.54, 1.807) is 23.9 Å². The van der Waals surface area contributed by atoms with Gasteiger partial charge < -0.3 is 10.3 Å². The predicted molar refractivity (Wildman–Crippen MR) is 56.4 cm³/mol. The molecule has 0 aromatic heterocycles. The topological polar surface area (TPSA) is 52.8 Å². The maximum atomic E-state index is 9.29. The van der Waals surface area contributed by atoms with E-state index in [0.29, 0.717) is 5.75 Å². The van der Waals surface area contributed by atoms with Crippen LogP contribution in [0.15, 0.2) is 28.3 Å². The second kappa shape index (κ2) is 3.53. The maximum absolute atomic E-state index is 9.29. The summed E-state index contributed by atoms with van der Waals surface area (Å²) in [6, 6.07) is 5.35. The Hall–Kier alpha value is -1.16. The van der Waals surface area contributed by atoms with Crippen LogP contribution in [0.25, 0.3) is 0 Å². The lowest BCUT2D eigenvalue weighted by Gasteiger charge is -2.04. The van der Waals surface area contributed by atoms with E-state index >= 15 is 0 Å². The fraction of sp³-hybridized carbons (Fsp3) is 0.300. The highest BCUT2D eigenvalue weighted by molar-refractivity contribution is 8.01. The SMILES string of the molecule is C/C(=N\O)C1Cc2cc(O)ccc2S1. The van der Waals surface area contributed by atoms with Gasteiger partial charge in [0.1, 0.15) is 5.75 Å². The minimum absolute atomic E-state index is 0.205. The van der Waals surface area contributed by atoms with Crippen LogP contribution < -0.4 is 0 Å². The molecule has 0 radical (unpaired) electrons. The smallest absolute Gasteiger partial charge is 0.115 e. The quantitative estimate of drug-likeness (QED) is 0.424. The number of phenols is 1. The lowest BCUT2D eigenvalue weighted by Crippen LogP contribution is -2.12. The molecule has 4 heteroatoms. The number of rotatable bonds is 1. The number of thioether (sulfide) groups is 1. The Balaban J connectivity index is 2.26. The molecule has 0 saturated heterocycles. The summed E-state index contributed by atoms with van der Waals surface area (Å²) in [5, 5.41) is 21.4. The molecule has 0 fully saturated rings. The Morgan fingerprint density at radius 3 is 3.07 bits per heavy atom. The summed E-state index contributed by atoms with van der Waals surface area (Å²) >= 11 is 1.68. The minimum atomic E-state index is 0.205. The fourth-order valence-electron chi connectivity index (χ4n) is 1.53. The molecule has 1 aliphatic heterocycles. The molecule has 2 rings (SSSR count). The van der Waals surface area contributed by atoms with Gasteiger partial charge in [0, 0.05) is 4.90 Å². The minimum Gasteiger partial charge on any atom is -0.508 e. The van der Waals surface area contributed by atoms with Crippen LogP contribution in [-0.4, -0.2) is 21.3 Å². The van der Waals surface area contributed by atoms with E-state index in [2.05, 4.69) is 5.16 Å². The van der Waals surface area contributed by atoms with Gasteiger partial charge in [-0.25, -0.2) is 0 Å². The van der Waals surface area contributed by atoms with Gasteiger partial charge in [-0.3, -0.25) is 0 Å². The highest BCUT2D eigenvalue weighted by atomic mass is 32.2. The molecule has 0 saturated carbocycles. The van der Waals surface area contributed by atoms with Crippen molar-refractivity contribution in [1.29, 1.82) is 0 Å². The van der Waals surface area contributed by atoms with Gasteiger partial charge in [0.05, 0.1) is 11.0 Å². The second-order valence-corrected chi connectivity index (χ2v) is 4.59. The first kappa shape index (κ1) is 9.40. The van der Waals surface area contributed by atoms with E-state index in [-0.39, 0.29) is 5.25 Å². The molecule has 0 spiro atoms. The lowest BCUT2D eigenvalue weighted by molar-refractivity contribution is 0.317. The molecule has 2 N–H and O–H groups in total. The number of fused-ring (bicyclic) bond motifs is 1. The van der Waals surface area contributed by atoms with Crippen molar-refractivity contribution in [3.8, 4) is 5.75 Å². The van der Waals surface area contributed by atoms with Crippen LogP contribution in [0.4, 0.5) is 0 Å². The number of nitrogens with zero attached hydrogens (tertiary/aromatic N) is 1. The molecule has 1 aromatic rings. The largest absolute Gasteiger partial charge is 0.508 e. The van der Waals surface area contributed by atoms with Crippen molar-refractivity contribution in [1.82, 2.24) is 0 Å². The Morgan fingerprint density at radius 2 is 2.36 bits per heavy atom. The Morgan fingerprint density at radius 1 is 1.57 bits per heavy atom. The summed E-state index contributed by atoms with van der Waals surface area (Å²) in [5.74, 6) is 0.295. The molecule has 74 valence electrons. The third kappa shape index (κ3) is 1.57. The van der Waals surface area contributed by atoms with Crippen LogP contribution in [0.1, 0.15) is 12.5 Å². The Labute approximate surface area is 86.4 Å². The molecular weight excluding hydrogens is 198 g/mol. The summed E-state index contributed by atoms with van der Waals surface area (Å²) in [5.41, 5.74) is 1.86. The molecule has 1 unspecified atom stereocenters. The maximum Gasteiger partial charge on any atom is 0.115 e. The molecule has 0 aliphatic carbocycles. The number of aromatic hydroxyl groups is 1. The first-order valence-corrected chi connectivity index (χ1v) is 5.26. The first-order valence-electron chi connectivity index (χ1n) is 4.38. The van der Waals surface area contributed by atoms with Crippen LogP contribution in [0.5, 0.6) is 5.75 Å². The van der Waals surface area contributed by atoms with E-state index in [1.807, 2.05) is 13.0 Å². The monoisotopic (exact) mass is 209 g/mol. The van der Waals surface area contributed by atoms with E-state index in [0.717, 1.165) is 22.6 Å². The highest BCUT2D eigenvalue weighted by Gasteiger charge is 2.24. The van der Waals surface area contributed by atoms with Crippen LogP contribution >= 0.6 is 11.8 Å². The van der Waals surface area contributed by atoms with Crippen molar-refractivity contribution in [2.24, 2.45) is 5.16 Å². The van der Waals surface area contributed by atoms with Crippen molar-refractivity contribution < 1.29 is 10.3 Å². The zero-order valence-electron chi connectivity index (χ0n) is 7.77. The van der Waals surface area contributed by atoms with Gasteiger partial charge in [-0.05, 0) is 37.1 Å². The molecule has 1 aliphatic rings. The Kier molecular flexibility index (Phi) is 2.37. The summed E-state index contributed by atoms with van der Waals surface area (Å²) in [4.78, 5) is 1.16.